The van der Waals surface area contributed by atoms with Gasteiger partial charge in [0.1, 0.15) is 6.04 Å². The zero-order valence-electron chi connectivity index (χ0n) is 12.0. The van der Waals surface area contributed by atoms with Crippen LogP contribution in [0.2, 0.25) is 0 Å². The number of ether oxygens (including phenoxy) is 1. The van der Waals surface area contributed by atoms with Gasteiger partial charge in [-0.15, -0.1) is 0 Å². The van der Waals surface area contributed by atoms with Crippen LogP contribution in [0.1, 0.15) is 19.4 Å². The third-order valence-corrected chi connectivity index (χ3v) is 5.04. The molecule has 0 aromatic heterocycles. The average Bonchev–Trinajstić information content (AvgIpc) is 2.78. The fourth-order valence-corrected chi connectivity index (χ4v) is 3.91. The number of aliphatic carboxylic acids is 1. The van der Waals surface area contributed by atoms with E-state index in [4.69, 9.17) is 4.74 Å². The Morgan fingerprint density at radius 1 is 1.43 bits per heavy atom. The molecule has 0 spiro atoms. The van der Waals surface area contributed by atoms with Crippen molar-refractivity contribution in [2.45, 2.75) is 32.4 Å². The van der Waals surface area contributed by atoms with Crippen LogP contribution in [-0.2, 0) is 26.0 Å². The number of carbonyl (C=O) groups is 1. The molecule has 0 unspecified atom stereocenters. The van der Waals surface area contributed by atoms with Crippen molar-refractivity contribution in [1.82, 2.24) is 0 Å². The molecule has 0 saturated carbocycles. The molecule has 0 amide bonds. The second-order valence-electron chi connectivity index (χ2n) is 5.22. The number of para-hydroxylation sites is 1. The van der Waals surface area contributed by atoms with Crippen LogP contribution in [0, 0.1) is 0 Å². The summed E-state index contributed by atoms with van der Waals surface area (Å²) in [4.78, 5) is 11.4. The molecule has 1 aliphatic heterocycles. The first-order valence-electron chi connectivity index (χ1n) is 6.77. The maximum atomic E-state index is 12.5. The van der Waals surface area contributed by atoms with E-state index in [0.717, 1.165) is 9.87 Å². The Hall–Kier alpha value is -1.60. The maximum Gasteiger partial charge on any atom is 0.327 e. The molecule has 6 nitrogen and oxygen atoms in total. The van der Waals surface area contributed by atoms with Gasteiger partial charge in [0.2, 0.25) is 10.0 Å². The summed E-state index contributed by atoms with van der Waals surface area (Å²) >= 11 is 0. The van der Waals surface area contributed by atoms with Gasteiger partial charge in [-0.05, 0) is 25.5 Å². The molecule has 116 valence electrons. The van der Waals surface area contributed by atoms with Crippen molar-refractivity contribution in [2.75, 3.05) is 16.7 Å². The number of anilines is 1. The third kappa shape index (κ3) is 3.36. The van der Waals surface area contributed by atoms with Crippen LogP contribution < -0.4 is 4.31 Å². The highest BCUT2D eigenvalue weighted by Crippen LogP contribution is 2.34. The number of fused-ring (bicyclic) bond motifs is 1. The number of hydrogen-bond donors (Lipinski definition) is 1. The summed E-state index contributed by atoms with van der Waals surface area (Å²) in [5, 5.41) is 9.30. The van der Waals surface area contributed by atoms with Crippen molar-refractivity contribution in [3.63, 3.8) is 0 Å². The van der Waals surface area contributed by atoms with Crippen molar-refractivity contribution < 1.29 is 23.1 Å². The molecule has 0 fully saturated rings. The Morgan fingerprint density at radius 3 is 2.71 bits per heavy atom. The number of sulfonamides is 1. The SMILES string of the molecule is CC(C)OCCS(=O)(=O)N1c2ccccc2C[C@H]1C(=O)O. The molecule has 1 aromatic rings. The lowest BCUT2D eigenvalue weighted by Crippen LogP contribution is -2.44. The molecule has 1 N–H and O–H groups in total. The number of benzene rings is 1. The van der Waals surface area contributed by atoms with Gasteiger partial charge in [0.15, 0.2) is 0 Å². The summed E-state index contributed by atoms with van der Waals surface area (Å²) in [7, 11) is -3.74. The summed E-state index contributed by atoms with van der Waals surface area (Å²) < 4.78 is 31.2. The van der Waals surface area contributed by atoms with Crippen LogP contribution in [0.3, 0.4) is 0 Å². The van der Waals surface area contributed by atoms with E-state index in [1.807, 2.05) is 13.8 Å². The van der Waals surface area contributed by atoms with Gasteiger partial charge in [-0.25, -0.2) is 13.2 Å². The zero-order valence-corrected chi connectivity index (χ0v) is 12.8. The van der Waals surface area contributed by atoms with E-state index in [9.17, 15) is 18.3 Å². The van der Waals surface area contributed by atoms with Crippen molar-refractivity contribution in [3.05, 3.63) is 29.8 Å². The number of hydrogen-bond acceptors (Lipinski definition) is 4. The van der Waals surface area contributed by atoms with Crippen LogP contribution in [0.5, 0.6) is 0 Å². The summed E-state index contributed by atoms with van der Waals surface area (Å²) in [5.41, 5.74) is 1.19. The number of carboxylic acids is 1. The monoisotopic (exact) mass is 313 g/mol. The van der Waals surface area contributed by atoms with Gasteiger partial charge < -0.3 is 9.84 Å². The van der Waals surface area contributed by atoms with Crippen LogP contribution in [-0.4, -0.2) is 44.0 Å². The molecule has 1 aromatic carbocycles. The topological polar surface area (TPSA) is 83.9 Å². The lowest BCUT2D eigenvalue weighted by Gasteiger charge is -2.24. The average molecular weight is 313 g/mol. The fraction of sp³-hybridized carbons (Fsp3) is 0.500. The van der Waals surface area contributed by atoms with Crippen LogP contribution in [0.25, 0.3) is 0 Å². The van der Waals surface area contributed by atoms with E-state index < -0.39 is 22.0 Å². The van der Waals surface area contributed by atoms with Gasteiger partial charge in [0, 0.05) is 6.42 Å². The highest BCUT2D eigenvalue weighted by Gasteiger charge is 2.41. The van der Waals surface area contributed by atoms with Gasteiger partial charge in [-0.3, -0.25) is 4.31 Å². The maximum absolute atomic E-state index is 12.5. The molecule has 0 aliphatic carbocycles. The molecule has 1 heterocycles. The Kier molecular flexibility index (Phi) is 4.53. The van der Waals surface area contributed by atoms with Gasteiger partial charge in [-0.2, -0.15) is 0 Å². The Labute approximate surface area is 124 Å². The summed E-state index contributed by atoms with van der Waals surface area (Å²) in [5.74, 6) is -1.37. The Morgan fingerprint density at radius 2 is 2.10 bits per heavy atom. The smallest absolute Gasteiger partial charge is 0.327 e. The standard InChI is InChI=1S/C14H19NO5S/c1-10(2)20-7-8-21(18,19)15-12-6-4-3-5-11(12)9-13(15)14(16)17/h3-6,10,13H,7-9H2,1-2H3,(H,16,17)/t13-/m0/s1. The number of carboxylic acid groups (broad SMARTS) is 1. The molecule has 21 heavy (non-hydrogen) atoms. The van der Waals surface area contributed by atoms with E-state index in [1.54, 1.807) is 24.3 Å². The van der Waals surface area contributed by atoms with E-state index in [-0.39, 0.29) is 24.9 Å². The van der Waals surface area contributed by atoms with E-state index in [2.05, 4.69) is 0 Å². The lowest BCUT2D eigenvalue weighted by atomic mass is 10.1. The quantitative estimate of drug-likeness (QED) is 0.854. The highest BCUT2D eigenvalue weighted by atomic mass is 32.2. The molecule has 1 atom stereocenters. The van der Waals surface area contributed by atoms with Gasteiger partial charge in [0.25, 0.3) is 0 Å². The zero-order chi connectivity index (χ0) is 15.6. The molecule has 0 bridgehead atoms. The second kappa shape index (κ2) is 6.03. The van der Waals surface area contributed by atoms with E-state index in [1.165, 1.54) is 0 Å². The summed E-state index contributed by atoms with van der Waals surface area (Å²) in [6, 6.07) is 5.79. The number of nitrogens with zero attached hydrogens (tertiary/aromatic N) is 1. The Bertz CT molecular complexity index is 626. The van der Waals surface area contributed by atoms with Crippen LogP contribution in [0.15, 0.2) is 24.3 Å². The molecular formula is C14H19NO5S. The first kappa shape index (κ1) is 15.8. The van der Waals surface area contributed by atoms with Crippen molar-refractivity contribution >= 4 is 21.7 Å². The van der Waals surface area contributed by atoms with Gasteiger partial charge in [0.05, 0.1) is 24.2 Å². The summed E-state index contributed by atoms with van der Waals surface area (Å²) in [6.45, 7) is 3.68. The van der Waals surface area contributed by atoms with Crippen LogP contribution >= 0.6 is 0 Å². The van der Waals surface area contributed by atoms with Gasteiger partial charge >= 0.3 is 5.97 Å². The highest BCUT2D eigenvalue weighted by molar-refractivity contribution is 7.92. The van der Waals surface area contributed by atoms with Crippen molar-refractivity contribution in [3.8, 4) is 0 Å². The van der Waals surface area contributed by atoms with Crippen molar-refractivity contribution in [1.29, 1.82) is 0 Å². The fourth-order valence-electron chi connectivity index (χ4n) is 2.38. The molecule has 0 radical (unpaired) electrons. The number of rotatable bonds is 6. The minimum atomic E-state index is -3.74. The largest absolute Gasteiger partial charge is 0.480 e. The molecule has 0 saturated heterocycles. The van der Waals surface area contributed by atoms with E-state index >= 15 is 0 Å². The lowest BCUT2D eigenvalue weighted by molar-refractivity contribution is -0.138. The Balaban J connectivity index is 2.27. The first-order chi connectivity index (χ1) is 9.83. The van der Waals surface area contributed by atoms with Crippen LogP contribution in [0.4, 0.5) is 5.69 Å². The summed E-state index contributed by atoms with van der Waals surface area (Å²) in [6.07, 6.45) is 0.122. The molecular weight excluding hydrogens is 294 g/mol. The predicted molar refractivity (Wildman–Crippen MR) is 78.9 cm³/mol. The first-order valence-corrected chi connectivity index (χ1v) is 8.38. The predicted octanol–water partition coefficient (Wildman–Crippen LogP) is 1.26. The molecule has 2 rings (SSSR count). The third-order valence-electron chi connectivity index (χ3n) is 3.30. The van der Waals surface area contributed by atoms with Gasteiger partial charge in [-0.1, -0.05) is 18.2 Å². The second-order valence-corrected chi connectivity index (χ2v) is 7.18. The van der Waals surface area contributed by atoms with Crippen molar-refractivity contribution in [2.24, 2.45) is 0 Å². The molecule has 1 aliphatic rings. The minimum Gasteiger partial charge on any atom is -0.480 e. The molecule has 7 heteroatoms. The minimum absolute atomic E-state index is 0.0466. The van der Waals surface area contributed by atoms with E-state index in [0.29, 0.717) is 5.69 Å². The normalized spacial score (nSPS) is 18.0.